The zero-order valence-electron chi connectivity index (χ0n) is 17.8. The molecule has 0 radical (unpaired) electrons. The Kier molecular flexibility index (Phi) is 5.81. The van der Waals surface area contributed by atoms with E-state index in [1.807, 2.05) is 25.2 Å². The number of para-hydroxylation sites is 1. The summed E-state index contributed by atoms with van der Waals surface area (Å²) in [5, 5.41) is 3.55. The van der Waals surface area contributed by atoms with Crippen molar-refractivity contribution in [1.82, 2.24) is 9.80 Å². The highest BCUT2D eigenvalue weighted by Gasteiger charge is 2.28. The van der Waals surface area contributed by atoms with Crippen LogP contribution in [-0.2, 0) is 0 Å². The standard InChI is InChI=1S/C23H25N3O5/c1-25-10-12-26(13-11-25)23(28)21-20(16-6-4-5-7-18(16)31-21)24-22(27)17-9-8-15(29-2)14-19(17)30-3/h4-9,14H,10-13H2,1-3H3,(H,24,27). The maximum Gasteiger partial charge on any atom is 0.291 e. The molecular weight excluding hydrogens is 398 g/mol. The van der Waals surface area contributed by atoms with Crippen molar-refractivity contribution in [2.75, 3.05) is 52.8 Å². The van der Waals surface area contributed by atoms with Gasteiger partial charge in [-0.25, -0.2) is 0 Å². The van der Waals surface area contributed by atoms with Crippen LogP contribution in [0.5, 0.6) is 11.5 Å². The van der Waals surface area contributed by atoms with E-state index >= 15 is 0 Å². The number of hydrogen-bond acceptors (Lipinski definition) is 6. The molecule has 1 aromatic heterocycles. The van der Waals surface area contributed by atoms with Crippen LogP contribution in [0.4, 0.5) is 5.69 Å². The van der Waals surface area contributed by atoms with Crippen molar-refractivity contribution in [3.63, 3.8) is 0 Å². The van der Waals surface area contributed by atoms with Crippen molar-refractivity contribution in [3.8, 4) is 11.5 Å². The van der Waals surface area contributed by atoms with Crippen LogP contribution in [0.15, 0.2) is 46.9 Å². The predicted molar refractivity (Wildman–Crippen MR) is 117 cm³/mol. The molecule has 2 heterocycles. The number of fused-ring (bicyclic) bond motifs is 1. The Balaban J connectivity index is 1.69. The summed E-state index contributed by atoms with van der Waals surface area (Å²) in [7, 11) is 5.06. The molecule has 8 nitrogen and oxygen atoms in total. The van der Waals surface area contributed by atoms with Gasteiger partial charge in [0.25, 0.3) is 11.8 Å². The van der Waals surface area contributed by atoms with Gasteiger partial charge in [0.05, 0.1) is 19.8 Å². The van der Waals surface area contributed by atoms with Crippen LogP contribution < -0.4 is 14.8 Å². The molecule has 2 amide bonds. The Morgan fingerprint density at radius 2 is 1.74 bits per heavy atom. The van der Waals surface area contributed by atoms with Crippen LogP contribution in [0.2, 0.25) is 0 Å². The summed E-state index contributed by atoms with van der Waals surface area (Å²) in [6, 6.07) is 12.2. The van der Waals surface area contributed by atoms with Crippen molar-refractivity contribution in [2.24, 2.45) is 0 Å². The third kappa shape index (κ3) is 4.06. The zero-order valence-corrected chi connectivity index (χ0v) is 17.8. The fourth-order valence-corrected chi connectivity index (χ4v) is 3.64. The van der Waals surface area contributed by atoms with Gasteiger partial charge in [-0.2, -0.15) is 0 Å². The Labute approximate surface area is 180 Å². The maximum atomic E-state index is 13.2. The minimum absolute atomic E-state index is 0.131. The third-order valence-corrected chi connectivity index (χ3v) is 5.47. The topological polar surface area (TPSA) is 84.3 Å². The Bertz CT molecular complexity index is 1120. The van der Waals surface area contributed by atoms with Crippen molar-refractivity contribution in [2.45, 2.75) is 0 Å². The molecule has 0 spiro atoms. The highest BCUT2D eigenvalue weighted by molar-refractivity contribution is 6.15. The highest BCUT2D eigenvalue weighted by Crippen LogP contribution is 2.33. The van der Waals surface area contributed by atoms with Crippen LogP contribution in [-0.4, -0.2) is 69.1 Å². The van der Waals surface area contributed by atoms with Gasteiger partial charge in [0.15, 0.2) is 0 Å². The van der Waals surface area contributed by atoms with Crippen molar-refractivity contribution in [1.29, 1.82) is 0 Å². The van der Waals surface area contributed by atoms with Gasteiger partial charge < -0.3 is 29.0 Å². The number of anilines is 1. The summed E-state index contributed by atoms with van der Waals surface area (Å²) in [6.45, 7) is 2.78. The number of piperazine rings is 1. The molecule has 1 fully saturated rings. The molecular formula is C23H25N3O5. The summed E-state index contributed by atoms with van der Waals surface area (Å²) < 4.78 is 16.5. The monoisotopic (exact) mass is 423 g/mol. The van der Waals surface area contributed by atoms with E-state index in [-0.39, 0.29) is 11.7 Å². The maximum absolute atomic E-state index is 13.2. The van der Waals surface area contributed by atoms with E-state index < -0.39 is 5.91 Å². The SMILES string of the molecule is COc1ccc(C(=O)Nc2c(C(=O)N3CCN(C)CC3)oc3ccccc23)c(OC)c1. The van der Waals surface area contributed by atoms with Crippen LogP contribution in [0.1, 0.15) is 20.9 Å². The number of nitrogens with zero attached hydrogens (tertiary/aromatic N) is 2. The summed E-state index contributed by atoms with van der Waals surface area (Å²) in [6.07, 6.45) is 0. The van der Waals surface area contributed by atoms with E-state index in [0.29, 0.717) is 46.8 Å². The second-order valence-electron chi connectivity index (χ2n) is 7.42. The first-order valence-corrected chi connectivity index (χ1v) is 10.0. The smallest absolute Gasteiger partial charge is 0.291 e. The molecule has 2 aromatic carbocycles. The lowest BCUT2D eigenvalue weighted by molar-refractivity contribution is 0.0636. The van der Waals surface area contributed by atoms with Crippen LogP contribution in [0.25, 0.3) is 11.0 Å². The molecule has 1 aliphatic heterocycles. The number of carbonyl (C=O) groups is 2. The molecule has 31 heavy (non-hydrogen) atoms. The van der Waals surface area contributed by atoms with Crippen molar-refractivity contribution in [3.05, 3.63) is 53.8 Å². The molecule has 1 N–H and O–H groups in total. The number of benzene rings is 2. The summed E-state index contributed by atoms with van der Waals surface area (Å²) >= 11 is 0. The van der Waals surface area contributed by atoms with Crippen LogP contribution >= 0.6 is 0 Å². The Morgan fingerprint density at radius 1 is 1.00 bits per heavy atom. The summed E-state index contributed by atoms with van der Waals surface area (Å²) in [4.78, 5) is 30.3. The van der Waals surface area contributed by atoms with E-state index in [2.05, 4.69) is 10.2 Å². The number of rotatable bonds is 5. The fourth-order valence-electron chi connectivity index (χ4n) is 3.64. The van der Waals surface area contributed by atoms with E-state index in [9.17, 15) is 9.59 Å². The molecule has 8 heteroatoms. The largest absolute Gasteiger partial charge is 0.497 e. The van der Waals surface area contributed by atoms with Gasteiger partial charge in [-0.15, -0.1) is 0 Å². The molecule has 0 aliphatic carbocycles. The van der Waals surface area contributed by atoms with Crippen molar-refractivity contribution < 1.29 is 23.5 Å². The van der Waals surface area contributed by atoms with Gasteiger partial charge in [-0.3, -0.25) is 9.59 Å². The first-order chi connectivity index (χ1) is 15.0. The van der Waals surface area contributed by atoms with Gasteiger partial charge in [0.2, 0.25) is 5.76 Å². The lowest BCUT2D eigenvalue weighted by atomic mass is 10.1. The van der Waals surface area contributed by atoms with E-state index in [1.165, 1.54) is 7.11 Å². The molecule has 3 aromatic rings. The molecule has 0 unspecified atom stereocenters. The third-order valence-electron chi connectivity index (χ3n) is 5.47. The minimum atomic E-state index is -0.404. The van der Waals surface area contributed by atoms with E-state index in [4.69, 9.17) is 13.9 Å². The van der Waals surface area contributed by atoms with E-state index in [1.54, 1.807) is 36.3 Å². The zero-order chi connectivity index (χ0) is 22.0. The molecule has 1 saturated heterocycles. The second kappa shape index (κ2) is 8.69. The number of furan rings is 1. The molecule has 162 valence electrons. The predicted octanol–water partition coefficient (Wildman–Crippen LogP) is 3.09. The van der Waals surface area contributed by atoms with Crippen LogP contribution in [0, 0.1) is 0 Å². The van der Waals surface area contributed by atoms with E-state index in [0.717, 1.165) is 13.1 Å². The Morgan fingerprint density at radius 3 is 2.45 bits per heavy atom. The lowest BCUT2D eigenvalue weighted by Crippen LogP contribution is -2.47. The summed E-state index contributed by atoms with van der Waals surface area (Å²) in [5.41, 5.74) is 1.23. The number of ether oxygens (including phenoxy) is 2. The van der Waals surface area contributed by atoms with Gasteiger partial charge in [0.1, 0.15) is 22.8 Å². The number of nitrogens with one attached hydrogen (secondary N) is 1. The fraction of sp³-hybridized carbons (Fsp3) is 0.304. The number of carbonyl (C=O) groups excluding carboxylic acids is 2. The highest BCUT2D eigenvalue weighted by atomic mass is 16.5. The van der Waals surface area contributed by atoms with Gasteiger partial charge in [-0.05, 0) is 31.3 Å². The average Bonchev–Trinajstić information content (AvgIpc) is 3.16. The number of hydrogen-bond donors (Lipinski definition) is 1. The molecule has 1 aliphatic rings. The van der Waals surface area contributed by atoms with Gasteiger partial charge >= 0.3 is 0 Å². The Hall–Kier alpha value is -3.52. The minimum Gasteiger partial charge on any atom is -0.497 e. The molecule has 0 atom stereocenters. The number of methoxy groups -OCH3 is 2. The lowest BCUT2D eigenvalue weighted by Gasteiger charge is -2.32. The average molecular weight is 423 g/mol. The second-order valence-corrected chi connectivity index (χ2v) is 7.42. The normalized spacial score (nSPS) is 14.5. The van der Waals surface area contributed by atoms with Crippen molar-refractivity contribution >= 4 is 28.5 Å². The quantitative estimate of drug-likeness (QED) is 0.679. The first-order valence-electron chi connectivity index (χ1n) is 10.0. The molecule has 0 bridgehead atoms. The summed E-state index contributed by atoms with van der Waals surface area (Å²) in [5.74, 6) is 0.441. The van der Waals surface area contributed by atoms with Gasteiger partial charge in [0, 0.05) is 37.6 Å². The molecule has 4 rings (SSSR count). The molecule has 0 saturated carbocycles. The number of likely N-dealkylation sites (N-methyl/N-ethyl adjacent to an activating group) is 1. The first kappa shape index (κ1) is 20.7. The van der Waals surface area contributed by atoms with Gasteiger partial charge in [-0.1, -0.05) is 12.1 Å². The van der Waals surface area contributed by atoms with Crippen LogP contribution in [0.3, 0.4) is 0 Å². The number of amides is 2.